The van der Waals surface area contributed by atoms with Crippen molar-refractivity contribution < 1.29 is 4.74 Å². The van der Waals surface area contributed by atoms with Crippen LogP contribution in [0.2, 0.25) is 0 Å². The van der Waals surface area contributed by atoms with E-state index >= 15 is 0 Å². The number of methoxy groups -OCH3 is 1. The average molecular weight is 255 g/mol. The summed E-state index contributed by atoms with van der Waals surface area (Å²) in [6.45, 7) is 3.97. The van der Waals surface area contributed by atoms with Crippen LogP contribution in [-0.2, 0) is 7.05 Å². The van der Waals surface area contributed by atoms with Crippen molar-refractivity contribution in [1.29, 1.82) is 5.26 Å². The zero-order chi connectivity index (χ0) is 14.0. The van der Waals surface area contributed by atoms with Gasteiger partial charge in [-0.25, -0.2) is 4.98 Å². The van der Waals surface area contributed by atoms with Gasteiger partial charge in [-0.15, -0.1) is 0 Å². The molecule has 0 radical (unpaired) electrons. The van der Waals surface area contributed by atoms with E-state index in [1.54, 1.807) is 13.3 Å². The van der Waals surface area contributed by atoms with E-state index in [-0.39, 0.29) is 5.92 Å². The molecule has 4 heteroatoms. The molecule has 4 nitrogen and oxygen atoms in total. The summed E-state index contributed by atoms with van der Waals surface area (Å²) in [5, 5.41) is 9.48. The summed E-state index contributed by atoms with van der Waals surface area (Å²) in [5.41, 5.74) is 3.05. The molecular weight excluding hydrogens is 238 g/mol. The Morgan fingerprint density at radius 1 is 1.32 bits per heavy atom. The molecule has 2 aromatic rings. The highest BCUT2D eigenvalue weighted by atomic mass is 16.5. The second-order valence-electron chi connectivity index (χ2n) is 4.64. The number of hydrogen-bond donors (Lipinski definition) is 0. The quantitative estimate of drug-likeness (QED) is 0.847. The van der Waals surface area contributed by atoms with Gasteiger partial charge in [-0.05, 0) is 36.6 Å². The minimum Gasteiger partial charge on any atom is -0.496 e. The molecule has 0 spiro atoms. The lowest BCUT2D eigenvalue weighted by Gasteiger charge is -2.15. The number of ether oxygens (including phenoxy) is 1. The van der Waals surface area contributed by atoms with Crippen LogP contribution >= 0.6 is 0 Å². The number of aromatic nitrogens is 2. The van der Waals surface area contributed by atoms with Crippen LogP contribution in [0.1, 0.15) is 28.4 Å². The second kappa shape index (κ2) is 5.15. The number of nitrogens with zero attached hydrogens (tertiary/aromatic N) is 3. The summed E-state index contributed by atoms with van der Waals surface area (Å²) in [7, 11) is 3.56. The Kier molecular flexibility index (Phi) is 3.57. The van der Waals surface area contributed by atoms with Crippen LogP contribution in [0.15, 0.2) is 24.5 Å². The van der Waals surface area contributed by atoms with Crippen molar-refractivity contribution in [2.24, 2.45) is 7.05 Å². The van der Waals surface area contributed by atoms with E-state index in [4.69, 9.17) is 4.74 Å². The standard InChI is InChI=1S/C15H17N3O/c1-10-8-14(19-4)11(2)7-12(10)13(9-16)15-17-5-6-18(15)3/h5-8,13H,1-4H3. The summed E-state index contributed by atoms with van der Waals surface area (Å²) in [6, 6.07) is 6.32. The number of nitriles is 1. The van der Waals surface area contributed by atoms with Gasteiger partial charge in [0, 0.05) is 19.4 Å². The molecule has 1 aromatic carbocycles. The fourth-order valence-electron chi connectivity index (χ4n) is 2.26. The zero-order valence-corrected chi connectivity index (χ0v) is 11.6. The Balaban J connectivity index is 2.54. The molecule has 98 valence electrons. The van der Waals surface area contributed by atoms with Crippen molar-refractivity contribution in [1.82, 2.24) is 9.55 Å². The zero-order valence-electron chi connectivity index (χ0n) is 11.6. The van der Waals surface area contributed by atoms with Crippen molar-refractivity contribution in [3.05, 3.63) is 47.0 Å². The van der Waals surface area contributed by atoms with Gasteiger partial charge in [-0.2, -0.15) is 5.26 Å². The van der Waals surface area contributed by atoms with E-state index in [2.05, 4.69) is 11.1 Å². The molecule has 0 amide bonds. The first-order chi connectivity index (χ1) is 9.08. The molecule has 0 bridgehead atoms. The molecule has 1 heterocycles. The molecule has 0 aliphatic heterocycles. The van der Waals surface area contributed by atoms with Gasteiger partial charge in [0.05, 0.1) is 13.2 Å². The Hall–Kier alpha value is -2.28. The van der Waals surface area contributed by atoms with E-state index in [0.717, 1.165) is 28.3 Å². The molecule has 1 aromatic heterocycles. The third-order valence-electron chi connectivity index (χ3n) is 3.34. The predicted octanol–water partition coefficient (Wildman–Crippen LogP) is 2.70. The van der Waals surface area contributed by atoms with Crippen LogP contribution in [0.5, 0.6) is 5.75 Å². The fourth-order valence-corrected chi connectivity index (χ4v) is 2.26. The van der Waals surface area contributed by atoms with Gasteiger partial charge < -0.3 is 9.30 Å². The molecule has 0 saturated heterocycles. The number of imidazole rings is 1. The van der Waals surface area contributed by atoms with E-state index in [9.17, 15) is 5.26 Å². The monoisotopic (exact) mass is 255 g/mol. The van der Waals surface area contributed by atoms with Crippen LogP contribution in [0.3, 0.4) is 0 Å². The molecule has 0 fully saturated rings. The maximum Gasteiger partial charge on any atom is 0.130 e. The first-order valence-electron chi connectivity index (χ1n) is 6.10. The maximum absolute atomic E-state index is 9.48. The first-order valence-corrected chi connectivity index (χ1v) is 6.10. The van der Waals surface area contributed by atoms with E-state index in [1.807, 2.05) is 43.8 Å². The van der Waals surface area contributed by atoms with Gasteiger partial charge >= 0.3 is 0 Å². The van der Waals surface area contributed by atoms with Crippen LogP contribution in [0.4, 0.5) is 0 Å². The molecule has 0 N–H and O–H groups in total. The highest BCUT2D eigenvalue weighted by molar-refractivity contribution is 5.46. The van der Waals surface area contributed by atoms with Crippen molar-refractivity contribution in [3.8, 4) is 11.8 Å². The molecule has 1 atom stereocenters. The minimum absolute atomic E-state index is 0.357. The molecule has 19 heavy (non-hydrogen) atoms. The fraction of sp³-hybridized carbons (Fsp3) is 0.333. The lowest BCUT2D eigenvalue weighted by Crippen LogP contribution is -2.08. The van der Waals surface area contributed by atoms with Gasteiger partial charge in [-0.3, -0.25) is 0 Å². The molecule has 0 saturated carbocycles. The normalized spacial score (nSPS) is 11.9. The lowest BCUT2D eigenvalue weighted by atomic mass is 9.93. The van der Waals surface area contributed by atoms with Crippen molar-refractivity contribution in [2.45, 2.75) is 19.8 Å². The highest BCUT2D eigenvalue weighted by Gasteiger charge is 2.20. The van der Waals surface area contributed by atoms with E-state index in [0.29, 0.717) is 0 Å². The van der Waals surface area contributed by atoms with Gasteiger partial charge in [0.25, 0.3) is 0 Å². The predicted molar refractivity (Wildman–Crippen MR) is 73.1 cm³/mol. The number of benzene rings is 1. The van der Waals surface area contributed by atoms with Gasteiger partial charge in [0.15, 0.2) is 0 Å². The SMILES string of the molecule is COc1cc(C)c(C(C#N)c2nccn2C)cc1C. The Morgan fingerprint density at radius 3 is 2.58 bits per heavy atom. The van der Waals surface area contributed by atoms with Gasteiger partial charge in [0.1, 0.15) is 17.5 Å². The second-order valence-corrected chi connectivity index (χ2v) is 4.64. The van der Waals surface area contributed by atoms with E-state index < -0.39 is 0 Å². The Bertz CT molecular complexity index is 637. The molecule has 0 aliphatic carbocycles. The average Bonchev–Trinajstić information content (AvgIpc) is 2.80. The summed E-state index contributed by atoms with van der Waals surface area (Å²) in [6.07, 6.45) is 3.57. The van der Waals surface area contributed by atoms with Crippen LogP contribution in [0, 0.1) is 25.2 Å². The molecule has 0 aliphatic rings. The van der Waals surface area contributed by atoms with Crippen molar-refractivity contribution in [3.63, 3.8) is 0 Å². The summed E-state index contributed by atoms with van der Waals surface area (Å²) >= 11 is 0. The summed E-state index contributed by atoms with van der Waals surface area (Å²) < 4.78 is 7.19. The molecule has 1 unspecified atom stereocenters. The van der Waals surface area contributed by atoms with E-state index in [1.165, 1.54) is 0 Å². The largest absolute Gasteiger partial charge is 0.496 e. The maximum atomic E-state index is 9.48. The van der Waals surface area contributed by atoms with Crippen molar-refractivity contribution in [2.75, 3.05) is 7.11 Å². The molecular formula is C15H17N3O. The van der Waals surface area contributed by atoms with Crippen LogP contribution in [0.25, 0.3) is 0 Å². The van der Waals surface area contributed by atoms with Crippen molar-refractivity contribution >= 4 is 0 Å². The highest BCUT2D eigenvalue weighted by Crippen LogP contribution is 2.30. The first kappa shape index (κ1) is 13.2. The molecule has 2 rings (SSSR count). The minimum atomic E-state index is -0.357. The Morgan fingerprint density at radius 2 is 2.05 bits per heavy atom. The van der Waals surface area contributed by atoms with Gasteiger partial charge in [0.2, 0.25) is 0 Å². The smallest absolute Gasteiger partial charge is 0.130 e. The summed E-state index contributed by atoms with van der Waals surface area (Å²) in [5.74, 6) is 1.25. The third-order valence-corrected chi connectivity index (χ3v) is 3.34. The number of rotatable bonds is 3. The van der Waals surface area contributed by atoms with Crippen LogP contribution in [-0.4, -0.2) is 16.7 Å². The lowest BCUT2D eigenvalue weighted by molar-refractivity contribution is 0.411. The third kappa shape index (κ3) is 2.32. The topological polar surface area (TPSA) is 50.8 Å². The Labute approximate surface area is 113 Å². The number of aryl methyl sites for hydroxylation is 3. The van der Waals surface area contributed by atoms with Crippen LogP contribution < -0.4 is 4.74 Å². The summed E-state index contributed by atoms with van der Waals surface area (Å²) in [4.78, 5) is 4.29. The number of hydrogen-bond acceptors (Lipinski definition) is 3. The van der Waals surface area contributed by atoms with Gasteiger partial charge in [-0.1, -0.05) is 6.07 Å².